The van der Waals surface area contributed by atoms with Crippen molar-refractivity contribution in [3.05, 3.63) is 53.6 Å². The summed E-state index contributed by atoms with van der Waals surface area (Å²) in [4.78, 5) is 0. The van der Waals surface area contributed by atoms with Gasteiger partial charge in [-0.1, -0.05) is 42.5 Å². The Morgan fingerprint density at radius 1 is 1.29 bits per heavy atom. The Morgan fingerprint density at radius 3 is 3.00 bits per heavy atom. The molecule has 1 radical (unpaired) electrons. The number of hydrogen-bond donors (Lipinski definition) is 0. The van der Waals surface area contributed by atoms with E-state index in [1.807, 2.05) is 24.3 Å². The highest BCUT2D eigenvalue weighted by molar-refractivity contribution is 5.59. The normalized spacial score (nSPS) is 19.1. The number of fused-ring (bicyclic) bond motifs is 1. The molecule has 2 rings (SSSR count). The second-order valence-corrected chi connectivity index (χ2v) is 3.35. The van der Waals surface area contributed by atoms with E-state index in [9.17, 15) is 4.39 Å². The van der Waals surface area contributed by atoms with Crippen LogP contribution in [0.2, 0.25) is 0 Å². The molecule has 0 heterocycles. The lowest BCUT2D eigenvalue weighted by Crippen LogP contribution is -1.91. The van der Waals surface area contributed by atoms with E-state index in [4.69, 9.17) is 0 Å². The average molecular weight is 187 g/mol. The summed E-state index contributed by atoms with van der Waals surface area (Å²) in [6.07, 6.45) is 9.58. The Hall–Kier alpha value is -1.37. The Balaban J connectivity index is 2.11. The van der Waals surface area contributed by atoms with Crippen molar-refractivity contribution in [2.75, 3.05) is 6.67 Å². The predicted octanol–water partition coefficient (Wildman–Crippen LogP) is 3.52. The van der Waals surface area contributed by atoms with Crippen LogP contribution < -0.4 is 0 Å². The van der Waals surface area contributed by atoms with Gasteiger partial charge in [0.25, 0.3) is 0 Å². The van der Waals surface area contributed by atoms with Gasteiger partial charge < -0.3 is 0 Å². The Labute approximate surface area is 83.8 Å². The molecule has 0 saturated carbocycles. The lowest BCUT2D eigenvalue weighted by Gasteiger charge is -2.06. The number of alkyl halides is 1. The van der Waals surface area contributed by atoms with E-state index in [0.717, 1.165) is 6.42 Å². The average Bonchev–Trinajstić information content (AvgIpc) is 2.63. The summed E-state index contributed by atoms with van der Waals surface area (Å²) in [5.74, 6) is 0.314. The fourth-order valence-corrected chi connectivity index (χ4v) is 1.73. The van der Waals surface area contributed by atoms with Crippen LogP contribution in [-0.2, 0) is 0 Å². The van der Waals surface area contributed by atoms with Crippen LogP contribution in [0.25, 0.3) is 6.08 Å². The summed E-state index contributed by atoms with van der Waals surface area (Å²) >= 11 is 0. The van der Waals surface area contributed by atoms with Gasteiger partial charge in [-0.3, -0.25) is 0 Å². The van der Waals surface area contributed by atoms with Crippen molar-refractivity contribution in [1.29, 1.82) is 0 Å². The van der Waals surface area contributed by atoms with Crippen molar-refractivity contribution in [1.82, 2.24) is 0 Å². The van der Waals surface area contributed by atoms with Crippen molar-refractivity contribution >= 4 is 6.08 Å². The lowest BCUT2D eigenvalue weighted by atomic mass is 9.97. The van der Waals surface area contributed by atoms with Crippen LogP contribution in [-0.4, -0.2) is 6.67 Å². The fourth-order valence-electron chi connectivity index (χ4n) is 1.73. The molecule has 0 saturated heterocycles. The fraction of sp³-hybridized carbons (Fsp3) is 0.231. The van der Waals surface area contributed by atoms with E-state index in [1.54, 1.807) is 6.08 Å². The Bertz CT molecular complexity index is 363. The molecular weight excluding hydrogens is 175 g/mol. The largest absolute Gasteiger partial charge is 0.247 e. The minimum absolute atomic E-state index is 0.314. The third-order valence-electron chi connectivity index (χ3n) is 2.44. The summed E-state index contributed by atoms with van der Waals surface area (Å²) in [7, 11) is 0. The number of allylic oxidation sites excluding steroid dienone is 3. The molecule has 0 spiro atoms. The third kappa shape index (κ3) is 1.77. The molecule has 14 heavy (non-hydrogen) atoms. The van der Waals surface area contributed by atoms with Crippen LogP contribution in [0.4, 0.5) is 4.39 Å². The van der Waals surface area contributed by atoms with Crippen LogP contribution in [0.1, 0.15) is 23.5 Å². The molecule has 71 valence electrons. The lowest BCUT2D eigenvalue weighted by molar-refractivity contribution is 0.560. The van der Waals surface area contributed by atoms with Gasteiger partial charge in [-0.05, 0) is 23.6 Å². The molecule has 1 aromatic rings. The molecule has 0 fully saturated rings. The second kappa shape index (κ2) is 4.23. The number of halogens is 1. The minimum atomic E-state index is -0.377. The first-order valence-electron chi connectivity index (χ1n) is 4.81. The summed E-state index contributed by atoms with van der Waals surface area (Å²) in [6, 6.07) is 8.25. The van der Waals surface area contributed by atoms with Crippen LogP contribution in [0.3, 0.4) is 0 Å². The molecule has 1 aliphatic carbocycles. The molecule has 0 bridgehead atoms. The zero-order chi connectivity index (χ0) is 9.80. The molecule has 0 nitrogen and oxygen atoms in total. The number of benzene rings is 1. The molecule has 0 amide bonds. The van der Waals surface area contributed by atoms with Crippen LogP contribution in [0.5, 0.6) is 0 Å². The topological polar surface area (TPSA) is 0 Å². The SMILES string of the molecule is FCC=CCC1[C]=Cc2ccccc21. The molecule has 0 N–H and O–H groups in total. The predicted molar refractivity (Wildman–Crippen MR) is 56.6 cm³/mol. The maximum absolute atomic E-state index is 11.8. The number of hydrogen-bond acceptors (Lipinski definition) is 0. The van der Waals surface area contributed by atoms with Gasteiger partial charge in [0.05, 0.1) is 0 Å². The van der Waals surface area contributed by atoms with E-state index in [-0.39, 0.29) is 6.67 Å². The molecule has 1 unspecified atom stereocenters. The Morgan fingerprint density at radius 2 is 2.14 bits per heavy atom. The van der Waals surface area contributed by atoms with Gasteiger partial charge in [0.15, 0.2) is 0 Å². The van der Waals surface area contributed by atoms with Gasteiger partial charge in [-0.15, -0.1) is 0 Å². The highest BCUT2D eigenvalue weighted by Crippen LogP contribution is 2.31. The van der Waals surface area contributed by atoms with E-state index in [1.165, 1.54) is 11.1 Å². The zero-order valence-electron chi connectivity index (χ0n) is 7.91. The van der Waals surface area contributed by atoms with Crippen molar-refractivity contribution in [3.8, 4) is 0 Å². The maximum Gasteiger partial charge on any atom is 0.108 e. The molecular formula is C13H12F. The zero-order valence-corrected chi connectivity index (χ0v) is 7.91. The van der Waals surface area contributed by atoms with Crippen LogP contribution in [0, 0.1) is 6.08 Å². The molecule has 1 aromatic carbocycles. The van der Waals surface area contributed by atoms with Crippen molar-refractivity contribution in [2.45, 2.75) is 12.3 Å². The van der Waals surface area contributed by atoms with Gasteiger partial charge in [0, 0.05) is 5.92 Å². The van der Waals surface area contributed by atoms with E-state index in [2.05, 4.69) is 18.2 Å². The highest BCUT2D eigenvalue weighted by Gasteiger charge is 2.14. The molecule has 1 heteroatoms. The van der Waals surface area contributed by atoms with E-state index >= 15 is 0 Å². The molecule has 0 aromatic heterocycles. The second-order valence-electron chi connectivity index (χ2n) is 3.35. The molecule has 0 aliphatic heterocycles. The summed E-state index contributed by atoms with van der Waals surface area (Å²) in [6.45, 7) is -0.377. The standard InChI is InChI=1S/C13H12F/c14-10-4-3-6-12-9-8-11-5-1-2-7-13(11)12/h1-5,7-8,12H,6,10H2. The first kappa shape index (κ1) is 9.20. The number of rotatable bonds is 3. The van der Waals surface area contributed by atoms with Crippen molar-refractivity contribution in [3.63, 3.8) is 0 Å². The Kier molecular flexibility index (Phi) is 2.78. The summed E-state index contributed by atoms with van der Waals surface area (Å²) < 4.78 is 11.8. The monoisotopic (exact) mass is 187 g/mol. The maximum atomic E-state index is 11.8. The minimum Gasteiger partial charge on any atom is -0.247 e. The first-order chi connectivity index (χ1) is 6.92. The summed E-state index contributed by atoms with van der Waals surface area (Å²) in [5, 5.41) is 0. The summed E-state index contributed by atoms with van der Waals surface area (Å²) in [5.41, 5.74) is 2.54. The van der Waals surface area contributed by atoms with Crippen molar-refractivity contribution < 1.29 is 4.39 Å². The first-order valence-corrected chi connectivity index (χ1v) is 4.81. The van der Waals surface area contributed by atoms with Gasteiger partial charge in [-0.25, -0.2) is 4.39 Å². The van der Waals surface area contributed by atoms with Crippen LogP contribution in [0.15, 0.2) is 36.4 Å². The van der Waals surface area contributed by atoms with E-state index in [0.29, 0.717) is 5.92 Å². The third-order valence-corrected chi connectivity index (χ3v) is 2.44. The van der Waals surface area contributed by atoms with Gasteiger partial charge >= 0.3 is 0 Å². The highest BCUT2D eigenvalue weighted by atomic mass is 19.1. The van der Waals surface area contributed by atoms with Gasteiger partial charge in [0.1, 0.15) is 6.67 Å². The molecule has 1 atom stereocenters. The smallest absolute Gasteiger partial charge is 0.108 e. The molecule has 1 aliphatic rings. The van der Waals surface area contributed by atoms with E-state index < -0.39 is 0 Å². The van der Waals surface area contributed by atoms with Crippen molar-refractivity contribution in [2.24, 2.45) is 0 Å². The van der Waals surface area contributed by atoms with Gasteiger partial charge in [-0.2, -0.15) is 0 Å². The van der Waals surface area contributed by atoms with Gasteiger partial charge in [0.2, 0.25) is 0 Å². The van der Waals surface area contributed by atoms with Crippen LogP contribution >= 0.6 is 0 Å². The quantitative estimate of drug-likeness (QED) is 0.635.